The van der Waals surface area contributed by atoms with E-state index in [1.165, 1.54) is 32.1 Å². The molecular weight excluding hydrogens is 240 g/mol. The summed E-state index contributed by atoms with van der Waals surface area (Å²) in [5.41, 5.74) is 8.19. The second-order valence-electron chi connectivity index (χ2n) is 6.56. The summed E-state index contributed by atoms with van der Waals surface area (Å²) in [6, 6.07) is 0. The molecule has 5 heteroatoms. The van der Waals surface area contributed by atoms with Gasteiger partial charge in [0.05, 0.1) is 0 Å². The van der Waals surface area contributed by atoms with Crippen LogP contribution >= 0.6 is 0 Å². The van der Waals surface area contributed by atoms with E-state index in [9.17, 15) is 4.79 Å². The second kappa shape index (κ2) is 5.41. The van der Waals surface area contributed by atoms with Crippen LogP contribution in [0.5, 0.6) is 0 Å². The Balaban J connectivity index is 1.51. The van der Waals surface area contributed by atoms with Gasteiger partial charge in [0.2, 0.25) is 5.91 Å². The first-order valence-corrected chi connectivity index (χ1v) is 7.56. The standard InChI is InChI=1S/C14H22N4O/c15-18-17-3-1-2-16-14(19)13-11-5-9-4-10(7-11)8-12(13)6-9/h9-13H,1-8H2,(H,16,19). The average Bonchev–Trinajstić information content (AvgIpc) is 2.37. The highest BCUT2D eigenvalue weighted by Gasteiger charge is 2.50. The fourth-order valence-electron chi connectivity index (χ4n) is 4.88. The maximum atomic E-state index is 12.4. The van der Waals surface area contributed by atoms with Gasteiger partial charge in [0.1, 0.15) is 0 Å². The van der Waals surface area contributed by atoms with Crippen LogP contribution in [0.1, 0.15) is 38.5 Å². The largest absolute Gasteiger partial charge is 0.356 e. The Morgan fingerprint density at radius 3 is 2.37 bits per heavy atom. The molecule has 0 aromatic heterocycles. The van der Waals surface area contributed by atoms with Crippen molar-refractivity contribution in [3.05, 3.63) is 10.4 Å². The molecule has 4 aliphatic carbocycles. The molecule has 0 aromatic rings. The maximum Gasteiger partial charge on any atom is 0.223 e. The van der Waals surface area contributed by atoms with E-state index in [2.05, 4.69) is 15.3 Å². The van der Waals surface area contributed by atoms with Crippen LogP contribution in [0.4, 0.5) is 0 Å². The molecule has 4 aliphatic rings. The van der Waals surface area contributed by atoms with Crippen LogP contribution in [0.2, 0.25) is 0 Å². The smallest absolute Gasteiger partial charge is 0.223 e. The number of azide groups is 1. The summed E-state index contributed by atoms with van der Waals surface area (Å²) in [6.07, 6.45) is 7.29. The molecule has 0 atom stereocenters. The molecule has 1 N–H and O–H groups in total. The van der Waals surface area contributed by atoms with E-state index in [0.717, 1.165) is 18.3 Å². The van der Waals surface area contributed by atoms with Gasteiger partial charge in [-0.3, -0.25) is 4.79 Å². The summed E-state index contributed by atoms with van der Waals surface area (Å²) in [6.45, 7) is 1.11. The zero-order chi connectivity index (χ0) is 13.2. The number of carbonyl (C=O) groups excluding carboxylic acids is 1. The van der Waals surface area contributed by atoms with Crippen LogP contribution in [0.3, 0.4) is 0 Å². The molecule has 4 rings (SSSR count). The third kappa shape index (κ3) is 2.57. The van der Waals surface area contributed by atoms with E-state index in [1.54, 1.807) is 0 Å². The van der Waals surface area contributed by atoms with Crippen molar-refractivity contribution in [2.75, 3.05) is 13.1 Å². The molecule has 4 bridgehead atoms. The Hall–Kier alpha value is -1.22. The van der Waals surface area contributed by atoms with E-state index in [-0.39, 0.29) is 11.8 Å². The molecule has 0 unspecified atom stereocenters. The van der Waals surface area contributed by atoms with Crippen LogP contribution in [-0.4, -0.2) is 19.0 Å². The lowest BCUT2D eigenvalue weighted by Crippen LogP contribution is -2.51. The van der Waals surface area contributed by atoms with Gasteiger partial charge in [-0.05, 0) is 67.7 Å². The molecule has 5 nitrogen and oxygen atoms in total. The van der Waals surface area contributed by atoms with Crippen molar-refractivity contribution in [2.45, 2.75) is 38.5 Å². The van der Waals surface area contributed by atoms with Gasteiger partial charge in [-0.1, -0.05) is 5.11 Å². The van der Waals surface area contributed by atoms with Crippen LogP contribution in [0.15, 0.2) is 5.11 Å². The van der Waals surface area contributed by atoms with Crippen molar-refractivity contribution in [1.82, 2.24) is 5.32 Å². The minimum Gasteiger partial charge on any atom is -0.356 e. The first kappa shape index (κ1) is 12.8. The van der Waals surface area contributed by atoms with Crippen LogP contribution in [0, 0.1) is 29.6 Å². The molecular formula is C14H22N4O. The predicted octanol–water partition coefficient (Wildman–Crippen LogP) is 2.88. The highest BCUT2D eigenvalue weighted by atomic mass is 16.1. The lowest BCUT2D eigenvalue weighted by atomic mass is 9.51. The fraction of sp³-hybridized carbons (Fsp3) is 0.929. The summed E-state index contributed by atoms with van der Waals surface area (Å²) >= 11 is 0. The minimum atomic E-state index is 0.259. The van der Waals surface area contributed by atoms with Crippen molar-refractivity contribution in [3.63, 3.8) is 0 Å². The van der Waals surface area contributed by atoms with Crippen molar-refractivity contribution in [2.24, 2.45) is 34.7 Å². The Bertz CT molecular complexity index is 374. The zero-order valence-corrected chi connectivity index (χ0v) is 11.3. The van der Waals surface area contributed by atoms with E-state index in [1.807, 2.05) is 0 Å². The monoisotopic (exact) mass is 262 g/mol. The van der Waals surface area contributed by atoms with Gasteiger partial charge in [-0.25, -0.2) is 0 Å². The summed E-state index contributed by atoms with van der Waals surface area (Å²) < 4.78 is 0. The first-order chi connectivity index (χ1) is 9.28. The van der Waals surface area contributed by atoms with Crippen molar-refractivity contribution < 1.29 is 4.79 Å². The van der Waals surface area contributed by atoms with Gasteiger partial charge in [-0.2, -0.15) is 0 Å². The molecule has 0 radical (unpaired) electrons. The molecule has 19 heavy (non-hydrogen) atoms. The van der Waals surface area contributed by atoms with Gasteiger partial charge in [0.25, 0.3) is 0 Å². The van der Waals surface area contributed by atoms with Gasteiger partial charge in [0, 0.05) is 23.9 Å². The molecule has 4 fully saturated rings. The Morgan fingerprint density at radius 2 is 1.79 bits per heavy atom. The lowest BCUT2D eigenvalue weighted by Gasteiger charge is -2.53. The van der Waals surface area contributed by atoms with Gasteiger partial charge in [0.15, 0.2) is 0 Å². The Kier molecular flexibility index (Phi) is 3.65. The third-order valence-corrected chi connectivity index (χ3v) is 5.33. The SMILES string of the molecule is [N-]=[N+]=NCCCNC(=O)C1C2CC3CC(C2)CC1C3. The topological polar surface area (TPSA) is 77.9 Å². The molecule has 0 aromatic carbocycles. The molecule has 0 spiro atoms. The number of amides is 1. The highest BCUT2D eigenvalue weighted by molar-refractivity contribution is 5.79. The maximum absolute atomic E-state index is 12.4. The van der Waals surface area contributed by atoms with E-state index in [0.29, 0.717) is 24.9 Å². The molecule has 4 saturated carbocycles. The Morgan fingerprint density at radius 1 is 1.16 bits per heavy atom. The third-order valence-electron chi connectivity index (χ3n) is 5.33. The van der Waals surface area contributed by atoms with Crippen molar-refractivity contribution >= 4 is 5.91 Å². The first-order valence-electron chi connectivity index (χ1n) is 7.56. The summed E-state index contributed by atoms with van der Waals surface area (Å²) in [7, 11) is 0. The molecule has 0 saturated heterocycles. The zero-order valence-electron chi connectivity index (χ0n) is 11.3. The van der Waals surface area contributed by atoms with Crippen molar-refractivity contribution in [3.8, 4) is 0 Å². The predicted molar refractivity (Wildman–Crippen MR) is 72.2 cm³/mol. The number of carbonyl (C=O) groups is 1. The quantitative estimate of drug-likeness (QED) is 0.351. The van der Waals surface area contributed by atoms with E-state index >= 15 is 0 Å². The van der Waals surface area contributed by atoms with E-state index in [4.69, 9.17) is 5.53 Å². The number of rotatable bonds is 5. The number of hydrogen-bond donors (Lipinski definition) is 1. The molecule has 104 valence electrons. The second-order valence-corrected chi connectivity index (χ2v) is 6.56. The highest BCUT2D eigenvalue weighted by Crippen LogP contribution is 2.56. The lowest BCUT2D eigenvalue weighted by molar-refractivity contribution is -0.138. The van der Waals surface area contributed by atoms with Gasteiger partial charge < -0.3 is 5.32 Å². The summed E-state index contributed by atoms with van der Waals surface area (Å²) in [4.78, 5) is 15.1. The molecule has 0 aliphatic heterocycles. The summed E-state index contributed by atoms with van der Waals surface area (Å²) in [5.74, 6) is 3.65. The van der Waals surface area contributed by atoms with Crippen LogP contribution < -0.4 is 5.32 Å². The van der Waals surface area contributed by atoms with Gasteiger partial charge in [-0.15, -0.1) is 0 Å². The van der Waals surface area contributed by atoms with Crippen molar-refractivity contribution in [1.29, 1.82) is 0 Å². The number of nitrogens with zero attached hydrogens (tertiary/aromatic N) is 3. The Labute approximate surface area is 113 Å². The minimum absolute atomic E-state index is 0.259. The fourth-order valence-corrected chi connectivity index (χ4v) is 4.88. The average molecular weight is 262 g/mol. The number of hydrogen-bond acceptors (Lipinski definition) is 2. The normalized spacial score (nSPS) is 38.8. The van der Waals surface area contributed by atoms with Crippen LogP contribution in [0.25, 0.3) is 10.4 Å². The van der Waals surface area contributed by atoms with Crippen LogP contribution in [-0.2, 0) is 4.79 Å². The molecule has 0 heterocycles. The number of nitrogens with one attached hydrogen (secondary N) is 1. The molecule has 1 amide bonds. The van der Waals surface area contributed by atoms with E-state index < -0.39 is 0 Å². The summed E-state index contributed by atoms with van der Waals surface area (Å²) in [5, 5.41) is 6.53. The van der Waals surface area contributed by atoms with Gasteiger partial charge >= 0.3 is 0 Å².